The summed E-state index contributed by atoms with van der Waals surface area (Å²) in [7, 11) is 0. The van der Waals surface area contributed by atoms with E-state index in [9.17, 15) is 9.18 Å². The molecule has 7 nitrogen and oxygen atoms in total. The maximum absolute atomic E-state index is 14.5. The van der Waals surface area contributed by atoms with Gasteiger partial charge in [-0.2, -0.15) is 0 Å². The van der Waals surface area contributed by atoms with Gasteiger partial charge < -0.3 is 25.4 Å². The molecule has 2 fully saturated rings. The lowest BCUT2D eigenvalue weighted by Gasteiger charge is -2.35. The average Bonchev–Trinajstić information content (AvgIpc) is 2.81. The van der Waals surface area contributed by atoms with Gasteiger partial charge in [-0.3, -0.25) is 4.79 Å². The van der Waals surface area contributed by atoms with E-state index in [1.54, 1.807) is 18.2 Å². The molecule has 2 saturated heterocycles. The number of aromatic nitrogens is 1. The van der Waals surface area contributed by atoms with Gasteiger partial charge in [-0.1, -0.05) is 17.7 Å². The number of ether oxygens (including phenoxy) is 2. The van der Waals surface area contributed by atoms with E-state index in [2.05, 4.69) is 20.9 Å². The Hall–Kier alpha value is -2.26. The quantitative estimate of drug-likeness (QED) is 0.582. The van der Waals surface area contributed by atoms with Gasteiger partial charge in [0, 0.05) is 24.8 Å². The predicted octanol–water partition coefficient (Wildman–Crippen LogP) is 4.09. The fourth-order valence-corrected chi connectivity index (χ4v) is 4.14. The van der Waals surface area contributed by atoms with Crippen LogP contribution in [-0.4, -0.2) is 55.4 Å². The predicted molar refractivity (Wildman–Crippen MR) is 127 cm³/mol. The normalized spacial score (nSPS) is 22.5. The Morgan fingerprint density at radius 3 is 2.94 bits per heavy atom. The third kappa shape index (κ3) is 6.20. The van der Waals surface area contributed by atoms with Gasteiger partial charge in [0.15, 0.2) is 0 Å². The largest absolute Gasteiger partial charge is 0.380 e. The van der Waals surface area contributed by atoms with Crippen LogP contribution in [0.4, 0.5) is 15.9 Å². The molecule has 0 saturated carbocycles. The number of amides is 1. The number of anilines is 2. The molecule has 0 spiro atoms. The molecule has 3 heterocycles. The Labute approximate surface area is 198 Å². The maximum atomic E-state index is 14.5. The molecule has 1 amide bonds. The highest BCUT2D eigenvalue weighted by Gasteiger charge is 2.28. The molecule has 3 N–H and O–H groups in total. The van der Waals surface area contributed by atoms with Crippen LogP contribution < -0.4 is 16.0 Å². The number of carbonyl (C=O) groups is 1. The van der Waals surface area contributed by atoms with Crippen LogP contribution in [0.3, 0.4) is 0 Å². The molecule has 4 rings (SSSR count). The highest BCUT2D eigenvalue weighted by atomic mass is 35.5. The third-order valence-corrected chi connectivity index (χ3v) is 6.20. The summed E-state index contributed by atoms with van der Waals surface area (Å²) in [5.41, 5.74) is 1.40. The Morgan fingerprint density at radius 1 is 1.36 bits per heavy atom. The maximum Gasteiger partial charge on any atom is 0.229 e. The summed E-state index contributed by atoms with van der Waals surface area (Å²) in [5, 5.41) is 9.65. The van der Waals surface area contributed by atoms with E-state index in [0.717, 1.165) is 19.4 Å². The highest BCUT2D eigenvalue weighted by Crippen LogP contribution is 2.32. The van der Waals surface area contributed by atoms with Crippen molar-refractivity contribution in [3.63, 3.8) is 0 Å². The van der Waals surface area contributed by atoms with E-state index >= 15 is 0 Å². The van der Waals surface area contributed by atoms with Crippen molar-refractivity contribution in [2.45, 2.75) is 38.4 Å². The lowest BCUT2D eigenvalue weighted by molar-refractivity contribution is -0.170. The van der Waals surface area contributed by atoms with Crippen LogP contribution in [0.2, 0.25) is 5.02 Å². The zero-order chi connectivity index (χ0) is 23.4. The number of nitrogens with zero attached hydrogens (tertiary/aromatic N) is 1. The summed E-state index contributed by atoms with van der Waals surface area (Å²) >= 11 is 6.40. The summed E-state index contributed by atoms with van der Waals surface area (Å²) < 4.78 is 26.1. The first-order valence-electron chi connectivity index (χ1n) is 11.3. The Balaban J connectivity index is 1.45. The standard InChI is InChI=1S/C24H30ClFN4O3/c1-24(2)14-32-17(13-33-24)11-28-21-8-15(5-6-20(21)26)18-9-22(29-12-19(18)25)30-23(31)16-4-3-7-27-10-16/h5-6,8-9,12,16-17,27-28H,3-4,7,10-11,13-14H2,1-2H3,(H,29,30,31)/t16-,17-/m1/s1. The zero-order valence-corrected chi connectivity index (χ0v) is 19.7. The van der Waals surface area contributed by atoms with Gasteiger partial charge in [-0.15, -0.1) is 0 Å². The minimum atomic E-state index is -0.376. The lowest BCUT2D eigenvalue weighted by Crippen LogP contribution is -2.44. The van der Waals surface area contributed by atoms with Crippen molar-refractivity contribution >= 4 is 29.0 Å². The molecule has 178 valence electrons. The molecule has 2 aliphatic rings. The summed E-state index contributed by atoms with van der Waals surface area (Å²) in [6, 6.07) is 6.46. The van der Waals surface area contributed by atoms with E-state index in [4.69, 9.17) is 21.1 Å². The molecular formula is C24H30ClFN4O3. The van der Waals surface area contributed by atoms with Crippen LogP contribution in [-0.2, 0) is 14.3 Å². The number of hydrogen-bond donors (Lipinski definition) is 3. The van der Waals surface area contributed by atoms with Gasteiger partial charge >= 0.3 is 0 Å². The van der Waals surface area contributed by atoms with Crippen LogP contribution in [0, 0.1) is 11.7 Å². The molecule has 0 aliphatic carbocycles. The van der Waals surface area contributed by atoms with Gasteiger partial charge in [0.05, 0.1) is 41.5 Å². The van der Waals surface area contributed by atoms with Crippen LogP contribution in [0.1, 0.15) is 26.7 Å². The number of rotatable bonds is 6. The van der Waals surface area contributed by atoms with Crippen molar-refractivity contribution in [2.75, 3.05) is 43.5 Å². The lowest BCUT2D eigenvalue weighted by atomic mass is 9.99. The van der Waals surface area contributed by atoms with Gasteiger partial charge in [0.25, 0.3) is 0 Å². The Kier molecular flexibility index (Phi) is 7.48. The molecule has 1 aromatic carbocycles. The Morgan fingerprint density at radius 2 is 2.21 bits per heavy atom. The van der Waals surface area contributed by atoms with Gasteiger partial charge in [-0.05, 0) is 57.0 Å². The van der Waals surface area contributed by atoms with E-state index in [1.807, 2.05) is 13.8 Å². The third-order valence-electron chi connectivity index (χ3n) is 5.90. The summed E-state index contributed by atoms with van der Waals surface area (Å²) in [4.78, 5) is 16.8. The fourth-order valence-electron chi connectivity index (χ4n) is 3.93. The number of nitrogens with one attached hydrogen (secondary N) is 3. The summed E-state index contributed by atoms with van der Waals surface area (Å²) in [6.07, 6.45) is 3.15. The molecule has 0 radical (unpaired) electrons. The molecule has 2 aliphatic heterocycles. The topological polar surface area (TPSA) is 84.5 Å². The van der Waals surface area contributed by atoms with Crippen molar-refractivity contribution in [3.8, 4) is 11.1 Å². The van der Waals surface area contributed by atoms with Gasteiger partial charge in [0.2, 0.25) is 5.91 Å². The minimum absolute atomic E-state index is 0.0673. The second-order valence-corrected chi connectivity index (χ2v) is 9.57. The second kappa shape index (κ2) is 10.3. The number of pyridine rings is 1. The zero-order valence-electron chi connectivity index (χ0n) is 18.9. The number of piperidine rings is 1. The average molecular weight is 477 g/mol. The van der Waals surface area contributed by atoms with Crippen molar-refractivity contribution in [2.24, 2.45) is 5.92 Å². The first kappa shape index (κ1) is 23.9. The van der Waals surface area contributed by atoms with E-state index in [1.165, 1.54) is 12.3 Å². The molecular weight excluding hydrogens is 447 g/mol. The van der Waals surface area contributed by atoms with Crippen molar-refractivity contribution in [3.05, 3.63) is 41.3 Å². The summed E-state index contributed by atoms with van der Waals surface area (Å²) in [5.74, 6) is -0.112. The molecule has 0 bridgehead atoms. The first-order valence-corrected chi connectivity index (χ1v) is 11.6. The van der Waals surface area contributed by atoms with Crippen molar-refractivity contribution in [1.82, 2.24) is 10.3 Å². The van der Waals surface area contributed by atoms with Gasteiger partial charge in [-0.25, -0.2) is 9.37 Å². The fraction of sp³-hybridized carbons (Fsp3) is 0.500. The SMILES string of the molecule is CC1(C)CO[C@H](CNc2cc(-c3cc(NC(=O)[C@@H]4CCCNC4)ncc3Cl)ccc2F)CO1. The van der Waals surface area contributed by atoms with Crippen LogP contribution in [0.5, 0.6) is 0 Å². The first-order chi connectivity index (χ1) is 15.8. The van der Waals surface area contributed by atoms with Crippen molar-refractivity contribution in [1.29, 1.82) is 0 Å². The van der Waals surface area contributed by atoms with E-state index < -0.39 is 0 Å². The molecule has 2 aromatic rings. The van der Waals surface area contributed by atoms with Crippen LogP contribution >= 0.6 is 11.6 Å². The smallest absolute Gasteiger partial charge is 0.229 e. The number of halogens is 2. The van der Waals surface area contributed by atoms with Crippen LogP contribution in [0.15, 0.2) is 30.5 Å². The van der Waals surface area contributed by atoms with Crippen LogP contribution in [0.25, 0.3) is 11.1 Å². The molecule has 0 unspecified atom stereocenters. The Bertz CT molecular complexity index is 988. The molecule has 33 heavy (non-hydrogen) atoms. The number of carbonyl (C=O) groups excluding carboxylic acids is 1. The van der Waals surface area contributed by atoms with E-state index in [0.29, 0.717) is 54.0 Å². The van der Waals surface area contributed by atoms with Gasteiger partial charge in [0.1, 0.15) is 11.6 Å². The number of hydrogen-bond acceptors (Lipinski definition) is 6. The minimum Gasteiger partial charge on any atom is -0.380 e. The van der Waals surface area contributed by atoms with E-state index in [-0.39, 0.29) is 29.3 Å². The highest BCUT2D eigenvalue weighted by molar-refractivity contribution is 6.33. The molecule has 1 aromatic heterocycles. The van der Waals surface area contributed by atoms with Crippen molar-refractivity contribution < 1.29 is 18.7 Å². The number of benzene rings is 1. The molecule has 9 heteroatoms. The monoisotopic (exact) mass is 476 g/mol. The second-order valence-electron chi connectivity index (χ2n) is 9.16. The molecule has 2 atom stereocenters. The summed E-state index contributed by atoms with van der Waals surface area (Å²) in [6.45, 7) is 6.88.